The van der Waals surface area contributed by atoms with Gasteiger partial charge in [0.15, 0.2) is 5.69 Å². The molecular formula is C15H16ClN5O3. The predicted octanol–water partition coefficient (Wildman–Crippen LogP) is 0.647. The van der Waals surface area contributed by atoms with Crippen molar-refractivity contribution < 1.29 is 15.2 Å². The molecule has 8 nitrogen and oxygen atoms in total. The van der Waals surface area contributed by atoms with E-state index in [0.717, 1.165) is 0 Å². The second-order valence-electron chi connectivity index (χ2n) is 5.17. The Labute approximate surface area is 144 Å². The molecule has 0 aliphatic carbocycles. The van der Waals surface area contributed by atoms with E-state index >= 15 is 0 Å². The Bertz CT molecular complexity index is 795. The number of hydrazone groups is 1. The van der Waals surface area contributed by atoms with E-state index < -0.39 is 5.23 Å². The maximum atomic E-state index is 11.0. The van der Waals surface area contributed by atoms with Crippen molar-refractivity contribution in [3.63, 3.8) is 0 Å². The highest BCUT2D eigenvalue weighted by molar-refractivity contribution is 6.08. The van der Waals surface area contributed by atoms with Gasteiger partial charge >= 0.3 is 0 Å². The predicted molar refractivity (Wildman–Crippen MR) is 89.8 cm³/mol. The van der Waals surface area contributed by atoms with Crippen LogP contribution in [0.25, 0.3) is 0 Å². The van der Waals surface area contributed by atoms with Crippen molar-refractivity contribution in [1.82, 2.24) is 0 Å². The number of nitrogens with one attached hydrogen (secondary N) is 1. The lowest BCUT2D eigenvalue weighted by Crippen LogP contribution is -2.99. The molecule has 0 saturated heterocycles. The first-order valence-electron chi connectivity index (χ1n) is 6.93. The minimum absolute atomic E-state index is 0. The maximum absolute atomic E-state index is 11.0. The molecule has 0 amide bonds. The first kappa shape index (κ1) is 17.9. The minimum atomic E-state index is -1.00. The smallest absolute Gasteiger partial charge is 0.164 e. The molecule has 126 valence electrons. The summed E-state index contributed by atoms with van der Waals surface area (Å²) in [6.07, 6.45) is 1.78. The van der Waals surface area contributed by atoms with Crippen LogP contribution in [0.2, 0.25) is 0 Å². The molecule has 1 aromatic rings. The van der Waals surface area contributed by atoms with Gasteiger partial charge in [0.25, 0.3) is 0 Å². The number of fused-ring (bicyclic) bond motifs is 1. The van der Waals surface area contributed by atoms with Gasteiger partial charge in [0, 0.05) is 17.7 Å². The molecule has 1 atom stereocenters. The van der Waals surface area contributed by atoms with Crippen LogP contribution in [0.4, 0.5) is 11.4 Å². The molecule has 2 aliphatic rings. The van der Waals surface area contributed by atoms with Gasteiger partial charge < -0.3 is 15.7 Å². The first-order valence-corrected chi connectivity index (χ1v) is 6.93. The van der Waals surface area contributed by atoms with Crippen LogP contribution >= 0.6 is 12.4 Å². The van der Waals surface area contributed by atoms with Crippen LogP contribution in [0.5, 0.6) is 0 Å². The summed E-state index contributed by atoms with van der Waals surface area (Å²) in [5, 5.41) is 34.4. The Morgan fingerprint density at radius 2 is 2.25 bits per heavy atom. The van der Waals surface area contributed by atoms with Gasteiger partial charge in [-0.05, 0) is 24.6 Å². The first-order chi connectivity index (χ1) is 11.0. The number of quaternary nitrogens is 1. The third-order valence-electron chi connectivity index (χ3n) is 3.71. The number of aryl methyl sites for hydroxylation is 1. The highest BCUT2D eigenvalue weighted by Gasteiger charge is 2.28. The monoisotopic (exact) mass is 349 g/mol. The van der Waals surface area contributed by atoms with Gasteiger partial charge in [-0.2, -0.15) is 15.6 Å². The Kier molecular flexibility index (Phi) is 5.23. The number of nitriles is 1. The number of ether oxygens (including phenoxy) is 1. The van der Waals surface area contributed by atoms with Gasteiger partial charge in [0.1, 0.15) is 17.5 Å². The molecule has 0 bridgehead atoms. The third-order valence-corrected chi connectivity index (χ3v) is 3.71. The number of benzene rings is 1. The van der Waals surface area contributed by atoms with Crippen LogP contribution in [0.1, 0.15) is 5.56 Å². The van der Waals surface area contributed by atoms with E-state index in [9.17, 15) is 10.5 Å². The fourth-order valence-corrected chi connectivity index (χ4v) is 2.57. The molecule has 9 heteroatoms. The van der Waals surface area contributed by atoms with Crippen LogP contribution in [0, 0.1) is 23.5 Å². The zero-order valence-electron chi connectivity index (χ0n) is 12.8. The second kappa shape index (κ2) is 7.00. The topological polar surface area (TPSA) is 122 Å². The number of nitrogens with zero attached hydrogens (tertiary/aromatic N) is 3. The van der Waals surface area contributed by atoms with Crippen molar-refractivity contribution in [3.05, 3.63) is 52.0 Å². The summed E-state index contributed by atoms with van der Waals surface area (Å²) in [7, 11) is 0. The van der Waals surface area contributed by atoms with Crippen molar-refractivity contribution in [2.75, 3.05) is 18.2 Å². The summed E-state index contributed by atoms with van der Waals surface area (Å²) >= 11 is 0. The van der Waals surface area contributed by atoms with Crippen molar-refractivity contribution in [1.29, 1.82) is 5.26 Å². The van der Waals surface area contributed by atoms with E-state index in [2.05, 4.69) is 11.2 Å². The van der Waals surface area contributed by atoms with Crippen LogP contribution in [0.15, 0.2) is 46.3 Å². The lowest BCUT2D eigenvalue weighted by Gasteiger charge is -2.30. The standard InChI is InChI=1S/C15H15N5O3.ClH/c1-9-6-10(20(21)22)2-3-14(9)19-15(17)12(7-16)11-4-5-23-8-13(11)18-19;/h2-4,6,20-21H,5,8,17H2,1H3;1H. The summed E-state index contributed by atoms with van der Waals surface area (Å²) in [6, 6.07) is 6.76. The fourth-order valence-electron chi connectivity index (χ4n) is 2.57. The highest BCUT2D eigenvalue weighted by Crippen LogP contribution is 2.31. The van der Waals surface area contributed by atoms with Crippen LogP contribution in [-0.4, -0.2) is 24.1 Å². The van der Waals surface area contributed by atoms with Crippen molar-refractivity contribution in [3.8, 4) is 6.07 Å². The van der Waals surface area contributed by atoms with Crippen molar-refractivity contribution in [2.24, 2.45) is 10.8 Å². The zero-order valence-corrected chi connectivity index (χ0v) is 13.6. The lowest BCUT2D eigenvalue weighted by atomic mass is 9.99. The molecule has 0 spiro atoms. The molecule has 0 fully saturated rings. The number of anilines is 1. The van der Waals surface area contributed by atoms with E-state index in [-0.39, 0.29) is 23.9 Å². The minimum Gasteiger partial charge on any atom is -0.595 e. The summed E-state index contributed by atoms with van der Waals surface area (Å²) in [4.78, 5) is 0. The second-order valence-corrected chi connectivity index (χ2v) is 5.17. The third kappa shape index (κ3) is 2.99. The largest absolute Gasteiger partial charge is 0.595 e. The van der Waals surface area contributed by atoms with Gasteiger partial charge in [0.05, 0.1) is 24.6 Å². The average Bonchev–Trinajstić information content (AvgIpc) is 2.54. The number of hydrogen-bond donors (Lipinski definition) is 3. The SMILES string of the molecule is Cc1cc([NH+]([O-])O)ccc1N1N=C2COCC=C2C(C#N)=C1N.Cl. The normalized spacial score (nSPS) is 18.0. The van der Waals surface area contributed by atoms with Gasteiger partial charge in [-0.15, -0.1) is 12.4 Å². The van der Waals surface area contributed by atoms with Crippen molar-refractivity contribution in [2.45, 2.75) is 6.92 Å². The fraction of sp³-hybridized carbons (Fsp3) is 0.200. The Balaban J connectivity index is 0.00000208. The lowest BCUT2D eigenvalue weighted by molar-refractivity contribution is -0.991. The molecule has 0 radical (unpaired) electrons. The molecule has 0 saturated carbocycles. The Hall–Kier alpha value is -2.41. The molecule has 2 heterocycles. The Morgan fingerprint density at radius 1 is 1.50 bits per heavy atom. The molecule has 1 aromatic carbocycles. The average molecular weight is 350 g/mol. The van der Waals surface area contributed by atoms with E-state index in [1.54, 1.807) is 25.1 Å². The molecule has 24 heavy (non-hydrogen) atoms. The molecule has 2 aliphatic heterocycles. The summed E-state index contributed by atoms with van der Waals surface area (Å²) in [6.45, 7) is 2.48. The zero-order chi connectivity index (χ0) is 16.6. The molecular weight excluding hydrogens is 334 g/mol. The number of rotatable bonds is 2. The molecule has 1 unspecified atom stereocenters. The van der Waals surface area contributed by atoms with E-state index in [0.29, 0.717) is 41.3 Å². The maximum Gasteiger partial charge on any atom is 0.164 e. The van der Waals surface area contributed by atoms with Crippen molar-refractivity contribution >= 4 is 29.5 Å². The summed E-state index contributed by atoms with van der Waals surface area (Å²) < 4.78 is 5.35. The van der Waals surface area contributed by atoms with Gasteiger partial charge in [-0.25, -0.2) is 10.2 Å². The quantitative estimate of drug-likeness (QED) is 0.674. The van der Waals surface area contributed by atoms with E-state index in [1.807, 2.05) is 0 Å². The number of allylic oxidation sites excluding steroid dienone is 1. The van der Waals surface area contributed by atoms with Gasteiger partial charge in [-0.3, -0.25) is 0 Å². The number of halogens is 1. The van der Waals surface area contributed by atoms with E-state index in [4.69, 9.17) is 15.7 Å². The van der Waals surface area contributed by atoms with Gasteiger partial charge in [0.2, 0.25) is 0 Å². The number of nitrogens with two attached hydrogens (primary N) is 1. The Morgan fingerprint density at radius 3 is 2.88 bits per heavy atom. The molecule has 4 N–H and O–H groups in total. The summed E-state index contributed by atoms with van der Waals surface area (Å²) in [5.74, 6) is 0.218. The molecule has 0 aromatic heterocycles. The van der Waals surface area contributed by atoms with Gasteiger partial charge in [-0.1, -0.05) is 0 Å². The molecule has 3 rings (SSSR count). The van der Waals surface area contributed by atoms with Crippen LogP contribution in [0.3, 0.4) is 0 Å². The van der Waals surface area contributed by atoms with Crippen LogP contribution in [-0.2, 0) is 4.74 Å². The highest BCUT2D eigenvalue weighted by atomic mass is 35.5. The van der Waals surface area contributed by atoms with E-state index in [1.165, 1.54) is 11.1 Å². The summed E-state index contributed by atoms with van der Waals surface area (Å²) in [5.41, 5.74) is 9.29. The number of hydrogen-bond acceptors (Lipinski definition) is 7. The van der Waals surface area contributed by atoms with Crippen LogP contribution < -0.4 is 16.0 Å².